The molecule has 5 heteroatoms. The van der Waals surface area contributed by atoms with Gasteiger partial charge in [-0.25, -0.2) is 0 Å². The zero-order valence-corrected chi connectivity index (χ0v) is 14.3. The van der Waals surface area contributed by atoms with Gasteiger partial charge in [-0.3, -0.25) is 4.99 Å². The van der Waals surface area contributed by atoms with Gasteiger partial charge in [-0.2, -0.15) is 0 Å². The molecular weight excluding hydrogens is 278 g/mol. The fourth-order valence-electron chi connectivity index (χ4n) is 3.32. The molecule has 0 aromatic carbocycles. The third-order valence-corrected chi connectivity index (χ3v) is 4.64. The molecule has 1 heterocycles. The second-order valence-electron chi connectivity index (χ2n) is 6.65. The summed E-state index contributed by atoms with van der Waals surface area (Å²) in [5.41, 5.74) is 0. The van der Waals surface area contributed by atoms with Crippen LogP contribution >= 0.6 is 0 Å². The fourth-order valence-corrected chi connectivity index (χ4v) is 3.32. The number of hydrogen-bond donors (Lipinski definition) is 2. The molecule has 0 aromatic rings. The first-order chi connectivity index (χ1) is 10.8. The summed E-state index contributed by atoms with van der Waals surface area (Å²) in [5.74, 6) is 1.77. The molecule has 0 bridgehead atoms. The van der Waals surface area contributed by atoms with Gasteiger partial charge in [0.05, 0.1) is 6.10 Å². The van der Waals surface area contributed by atoms with E-state index in [0.717, 1.165) is 57.5 Å². The van der Waals surface area contributed by atoms with Crippen molar-refractivity contribution in [1.82, 2.24) is 10.6 Å². The van der Waals surface area contributed by atoms with Crippen LogP contribution < -0.4 is 10.6 Å². The summed E-state index contributed by atoms with van der Waals surface area (Å²) in [7, 11) is 1.85. The Morgan fingerprint density at radius 2 is 2.05 bits per heavy atom. The Morgan fingerprint density at radius 3 is 2.77 bits per heavy atom. The molecule has 2 rings (SSSR count). The molecule has 1 aliphatic carbocycles. The van der Waals surface area contributed by atoms with Crippen LogP contribution in [0, 0.1) is 5.92 Å². The molecule has 2 N–H and O–H groups in total. The minimum absolute atomic E-state index is 0.398. The van der Waals surface area contributed by atoms with Crippen LogP contribution in [0.1, 0.15) is 51.9 Å². The monoisotopic (exact) mass is 311 g/mol. The lowest BCUT2D eigenvalue weighted by Crippen LogP contribution is -2.45. The van der Waals surface area contributed by atoms with Gasteiger partial charge in [-0.15, -0.1) is 0 Å². The maximum atomic E-state index is 5.88. The lowest BCUT2D eigenvalue weighted by atomic mass is 9.87. The lowest BCUT2D eigenvalue weighted by molar-refractivity contribution is -0.0320. The molecule has 2 aliphatic rings. The second-order valence-corrected chi connectivity index (χ2v) is 6.65. The largest absolute Gasteiger partial charge is 0.381 e. The summed E-state index contributed by atoms with van der Waals surface area (Å²) >= 11 is 0. The molecule has 2 atom stereocenters. The maximum Gasteiger partial charge on any atom is 0.191 e. The SMILES string of the molecule is CN=C(NCCCOC1CCOCC1)NC1CCCC(C)C1. The minimum atomic E-state index is 0.398. The van der Waals surface area contributed by atoms with E-state index in [1.165, 1.54) is 25.7 Å². The summed E-state index contributed by atoms with van der Waals surface area (Å²) < 4.78 is 11.2. The van der Waals surface area contributed by atoms with E-state index in [-0.39, 0.29) is 0 Å². The first kappa shape index (κ1) is 17.5. The van der Waals surface area contributed by atoms with Gasteiger partial charge in [-0.1, -0.05) is 19.8 Å². The Kier molecular flexibility index (Phi) is 8.02. The van der Waals surface area contributed by atoms with Gasteiger partial charge in [0.25, 0.3) is 0 Å². The topological polar surface area (TPSA) is 54.9 Å². The Balaban J connectivity index is 1.54. The van der Waals surface area contributed by atoms with Gasteiger partial charge in [-0.05, 0) is 38.0 Å². The third-order valence-electron chi connectivity index (χ3n) is 4.64. The normalized spacial score (nSPS) is 27.6. The van der Waals surface area contributed by atoms with E-state index in [0.29, 0.717) is 12.1 Å². The molecule has 0 amide bonds. The van der Waals surface area contributed by atoms with Crippen LogP contribution in [-0.2, 0) is 9.47 Å². The van der Waals surface area contributed by atoms with Crippen molar-refractivity contribution < 1.29 is 9.47 Å². The summed E-state index contributed by atoms with van der Waals surface area (Å²) in [5, 5.41) is 6.96. The van der Waals surface area contributed by atoms with Crippen molar-refractivity contribution in [3.8, 4) is 0 Å². The van der Waals surface area contributed by atoms with E-state index >= 15 is 0 Å². The first-order valence-electron chi connectivity index (χ1n) is 8.94. The van der Waals surface area contributed by atoms with Crippen LogP contribution in [0.25, 0.3) is 0 Å². The van der Waals surface area contributed by atoms with Gasteiger partial charge < -0.3 is 20.1 Å². The van der Waals surface area contributed by atoms with Crippen molar-refractivity contribution in [2.75, 3.05) is 33.4 Å². The van der Waals surface area contributed by atoms with E-state index < -0.39 is 0 Å². The number of hydrogen-bond acceptors (Lipinski definition) is 3. The first-order valence-corrected chi connectivity index (χ1v) is 8.94. The Bertz CT molecular complexity index is 330. The average molecular weight is 311 g/mol. The van der Waals surface area contributed by atoms with Crippen molar-refractivity contribution >= 4 is 5.96 Å². The van der Waals surface area contributed by atoms with E-state index in [1.807, 2.05) is 7.05 Å². The van der Waals surface area contributed by atoms with Gasteiger partial charge >= 0.3 is 0 Å². The third kappa shape index (κ3) is 6.53. The van der Waals surface area contributed by atoms with Gasteiger partial charge in [0.2, 0.25) is 0 Å². The predicted octanol–water partition coefficient (Wildman–Crippen LogP) is 2.32. The smallest absolute Gasteiger partial charge is 0.191 e. The maximum absolute atomic E-state index is 5.88. The summed E-state index contributed by atoms with van der Waals surface area (Å²) in [6, 6.07) is 0.577. The highest BCUT2D eigenvalue weighted by Gasteiger charge is 2.19. The molecule has 22 heavy (non-hydrogen) atoms. The number of ether oxygens (including phenoxy) is 2. The minimum Gasteiger partial charge on any atom is -0.381 e. The van der Waals surface area contributed by atoms with Crippen LogP contribution in [0.2, 0.25) is 0 Å². The summed E-state index contributed by atoms with van der Waals surface area (Å²) in [4.78, 5) is 4.33. The second kappa shape index (κ2) is 10.1. The highest BCUT2D eigenvalue weighted by atomic mass is 16.5. The van der Waals surface area contributed by atoms with Crippen LogP contribution in [-0.4, -0.2) is 51.5 Å². The molecule has 1 aliphatic heterocycles. The van der Waals surface area contributed by atoms with Crippen LogP contribution in [0.5, 0.6) is 0 Å². The van der Waals surface area contributed by atoms with E-state index in [4.69, 9.17) is 9.47 Å². The Hall–Kier alpha value is -0.810. The molecule has 1 saturated heterocycles. The molecule has 1 saturated carbocycles. The van der Waals surface area contributed by atoms with Crippen molar-refractivity contribution in [3.05, 3.63) is 0 Å². The highest BCUT2D eigenvalue weighted by molar-refractivity contribution is 5.79. The Morgan fingerprint density at radius 1 is 1.23 bits per heavy atom. The number of nitrogens with one attached hydrogen (secondary N) is 2. The van der Waals surface area contributed by atoms with E-state index in [2.05, 4.69) is 22.5 Å². The molecule has 2 fully saturated rings. The number of aliphatic imine (C=N–C) groups is 1. The van der Waals surface area contributed by atoms with Crippen LogP contribution in [0.15, 0.2) is 4.99 Å². The summed E-state index contributed by atoms with van der Waals surface area (Å²) in [6.07, 6.45) is 8.70. The Labute approximate surface area is 135 Å². The molecular formula is C17H33N3O2. The van der Waals surface area contributed by atoms with Crippen molar-refractivity contribution in [2.24, 2.45) is 10.9 Å². The quantitative estimate of drug-likeness (QED) is 0.449. The zero-order valence-electron chi connectivity index (χ0n) is 14.3. The molecule has 0 radical (unpaired) electrons. The molecule has 0 aromatic heterocycles. The molecule has 2 unspecified atom stereocenters. The van der Waals surface area contributed by atoms with Gasteiger partial charge in [0.1, 0.15) is 0 Å². The highest BCUT2D eigenvalue weighted by Crippen LogP contribution is 2.23. The van der Waals surface area contributed by atoms with Gasteiger partial charge in [0, 0.05) is 39.5 Å². The number of guanidine groups is 1. The molecule has 128 valence electrons. The number of nitrogens with zero attached hydrogens (tertiary/aromatic N) is 1. The van der Waals surface area contributed by atoms with E-state index in [1.54, 1.807) is 0 Å². The standard InChI is InChI=1S/C17H33N3O2/c1-14-5-3-6-15(13-14)20-17(18-2)19-9-4-10-22-16-7-11-21-12-8-16/h14-16H,3-13H2,1-2H3,(H2,18,19,20). The fraction of sp³-hybridized carbons (Fsp3) is 0.941. The molecule has 0 spiro atoms. The zero-order chi connectivity index (χ0) is 15.6. The summed E-state index contributed by atoms with van der Waals surface area (Å²) in [6.45, 7) is 5.76. The van der Waals surface area contributed by atoms with E-state index in [9.17, 15) is 0 Å². The molecule has 5 nitrogen and oxygen atoms in total. The number of rotatable bonds is 6. The van der Waals surface area contributed by atoms with Crippen LogP contribution in [0.3, 0.4) is 0 Å². The van der Waals surface area contributed by atoms with Crippen molar-refractivity contribution in [2.45, 2.75) is 64.0 Å². The van der Waals surface area contributed by atoms with Crippen LogP contribution in [0.4, 0.5) is 0 Å². The van der Waals surface area contributed by atoms with Crippen molar-refractivity contribution in [3.63, 3.8) is 0 Å². The van der Waals surface area contributed by atoms with Crippen molar-refractivity contribution in [1.29, 1.82) is 0 Å². The van der Waals surface area contributed by atoms with Gasteiger partial charge in [0.15, 0.2) is 5.96 Å². The average Bonchev–Trinajstić information content (AvgIpc) is 2.54. The predicted molar refractivity (Wildman–Crippen MR) is 90.3 cm³/mol. The lowest BCUT2D eigenvalue weighted by Gasteiger charge is -2.28.